The maximum absolute atomic E-state index is 12.2. The van der Waals surface area contributed by atoms with Gasteiger partial charge in [-0.15, -0.1) is 0 Å². The lowest BCUT2D eigenvalue weighted by Gasteiger charge is -2.28. The fourth-order valence-corrected chi connectivity index (χ4v) is 3.01. The first-order chi connectivity index (χ1) is 11.6. The molecule has 2 N–H and O–H groups in total. The molecule has 0 aliphatic carbocycles. The Morgan fingerprint density at radius 3 is 2.58 bits per heavy atom. The van der Waals surface area contributed by atoms with Crippen molar-refractivity contribution in [2.75, 3.05) is 39.4 Å². The zero-order valence-electron chi connectivity index (χ0n) is 14.8. The molecule has 134 valence electrons. The first-order valence-electron chi connectivity index (χ1n) is 8.90. The van der Waals surface area contributed by atoms with Crippen LogP contribution in [0.3, 0.4) is 0 Å². The second kappa shape index (κ2) is 9.77. The van der Waals surface area contributed by atoms with E-state index in [1.165, 1.54) is 11.1 Å². The number of rotatable bonds is 8. The van der Waals surface area contributed by atoms with E-state index in [4.69, 9.17) is 4.74 Å². The molecule has 2 unspecified atom stereocenters. The minimum Gasteiger partial charge on any atom is -0.390 e. The Bertz CT molecular complexity index is 498. The average Bonchev–Trinajstić information content (AvgIpc) is 2.59. The van der Waals surface area contributed by atoms with Gasteiger partial charge in [0.25, 0.3) is 0 Å². The molecule has 24 heavy (non-hydrogen) atoms. The third kappa shape index (κ3) is 6.23. The molecule has 1 aromatic carbocycles. The number of morpholine rings is 1. The van der Waals surface area contributed by atoms with Crippen LogP contribution in [0.25, 0.3) is 0 Å². The molecule has 5 nitrogen and oxygen atoms in total. The highest BCUT2D eigenvalue weighted by Gasteiger charge is 2.17. The Morgan fingerprint density at radius 2 is 1.96 bits per heavy atom. The van der Waals surface area contributed by atoms with Crippen molar-refractivity contribution in [1.82, 2.24) is 10.2 Å². The van der Waals surface area contributed by atoms with Gasteiger partial charge >= 0.3 is 0 Å². The quantitative estimate of drug-likeness (QED) is 0.759. The van der Waals surface area contributed by atoms with E-state index in [0.29, 0.717) is 32.7 Å². The van der Waals surface area contributed by atoms with Crippen LogP contribution in [-0.4, -0.2) is 61.4 Å². The van der Waals surface area contributed by atoms with Gasteiger partial charge in [-0.05, 0) is 24.8 Å². The molecule has 1 heterocycles. The number of aliphatic hydroxyl groups is 1. The molecule has 5 heteroatoms. The number of aryl methyl sites for hydroxylation is 1. The fourth-order valence-electron chi connectivity index (χ4n) is 3.01. The van der Waals surface area contributed by atoms with E-state index in [0.717, 1.165) is 19.5 Å². The standard InChI is InChI=1S/C19H30N2O3/c1-3-16(17-6-4-15(2)5-7-17)12-19(23)20-13-18(22)14-21-8-10-24-11-9-21/h4-7,16,18,22H,3,8-14H2,1-2H3,(H,20,23). The lowest BCUT2D eigenvalue weighted by atomic mass is 9.92. The molecule has 1 saturated heterocycles. The van der Waals surface area contributed by atoms with Crippen molar-refractivity contribution in [3.05, 3.63) is 35.4 Å². The molecule has 1 aliphatic heterocycles. The van der Waals surface area contributed by atoms with Crippen LogP contribution in [0.2, 0.25) is 0 Å². The first kappa shape index (κ1) is 18.9. The largest absolute Gasteiger partial charge is 0.390 e. The number of β-amino-alcohol motifs (C(OH)–C–C–N with tert-alkyl or cyclic N) is 1. The second-order valence-electron chi connectivity index (χ2n) is 6.59. The summed E-state index contributed by atoms with van der Waals surface area (Å²) in [7, 11) is 0. The number of hydrogen-bond acceptors (Lipinski definition) is 4. The Labute approximate surface area is 145 Å². The predicted molar refractivity (Wildman–Crippen MR) is 95.1 cm³/mol. The van der Waals surface area contributed by atoms with Crippen molar-refractivity contribution in [2.45, 2.75) is 38.7 Å². The first-order valence-corrected chi connectivity index (χ1v) is 8.90. The number of nitrogens with one attached hydrogen (secondary N) is 1. The number of carbonyl (C=O) groups is 1. The van der Waals surface area contributed by atoms with Crippen LogP contribution >= 0.6 is 0 Å². The number of amides is 1. The molecule has 0 bridgehead atoms. The summed E-state index contributed by atoms with van der Waals surface area (Å²) >= 11 is 0. The van der Waals surface area contributed by atoms with E-state index in [1.54, 1.807) is 0 Å². The van der Waals surface area contributed by atoms with Crippen LogP contribution in [0.15, 0.2) is 24.3 Å². The molecule has 0 saturated carbocycles. The van der Waals surface area contributed by atoms with Gasteiger partial charge in [-0.25, -0.2) is 0 Å². The smallest absolute Gasteiger partial charge is 0.220 e. The number of hydrogen-bond donors (Lipinski definition) is 2. The lowest BCUT2D eigenvalue weighted by Crippen LogP contribution is -2.44. The van der Waals surface area contributed by atoms with Gasteiger partial charge in [0.05, 0.1) is 19.3 Å². The van der Waals surface area contributed by atoms with Gasteiger partial charge in [-0.1, -0.05) is 36.8 Å². The van der Waals surface area contributed by atoms with Gasteiger partial charge in [0.15, 0.2) is 0 Å². The fraction of sp³-hybridized carbons (Fsp3) is 0.632. The van der Waals surface area contributed by atoms with Crippen LogP contribution < -0.4 is 5.32 Å². The molecule has 0 spiro atoms. The van der Waals surface area contributed by atoms with Crippen molar-refractivity contribution in [3.63, 3.8) is 0 Å². The third-order valence-electron chi connectivity index (χ3n) is 4.58. The van der Waals surface area contributed by atoms with E-state index < -0.39 is 6.10 Å². The number of carbonyl (C=O) groups excluding carboxylic acids is 1. The summed E-state index contributed by atoms with van der Waals surface area (Å²) in [6, 6.07) is 8.37. The van der Waals surface area contributed by atoms with Crippen LogP contribution in [0, 0.1) is 6.92 Å². The Balaban J connectivity index is 1.73. The zero-order chi connectivity index (χ0) is 17.4. The summed E-state index contributed by atoms with van der Waals surface area (Å²) in [6.07, 6.45) is 0.850. The number of aliphatic hydroxyl groups excluding tert-OH is 1. The molecule has 1 fully saturated rings. The summed E-state index contributed by atoms with van der Waals surface area (Å²) in [6.45, 7) is 8.17. The van der Waals surface area contributed by atoms with Crippen molar-refractivity contribution in [1.29, 1.82) is 0 Å². The van der Waals surface area contributed by atoms with Crippen LogP contribution in [0.5, 0.6) is 0 Å². The van der Waals surface area contributed by atoms with Gasteiger partial charge in [-0.3, -0.25) is 9.69 Å². The predicted octanol–water partition coefficient (Wildman–Crippen LogP) is 1.69. The second-order valence-corrected chi connectivity index (χ2v) is 6.59. The van der Waals surface area contributed by atoms with Gasteiger partial charge in [0.1, 0.15) is 0 Å². The Kier molecular flexibility index (Phi) is 7.69. The maximum atomic E-state index is 12.2. The SMILES string of the molecule is CCC(CC(=O)NCC(O)CN1CCOCC1)c1ccc(C)cc1. The maximum Gasteiger partial charge on any atom is 0.220 e. The molecule has 2 rings (SSSR count). The van der Waals surface area contributed by atoms with Crippen molar-refractivity contribution >= 4 is 5.91 Å². The minimum atomic E-state index is -0.536. The summed E-state index contributed by atoms with van der Waals surface area (Å²) in [5.41, 5.74) is 2.43. The molecular formula is C19H30N2O3. The summed E-state index contributed by atoms with van der Waals surface area (Å²) in [5.74, 6) is 0.227. The number of benzene rings is 1. The summed E-state index contributed by atoms with van der Waals surface area (Å²) < 4.78 is 5.29. The van der Waals surface area contributed by atoms with E-state index in [1.807, 2.05) is 0 Å². The highest BCUT2D eigenvalue weighted by Crippen LogP contribution is 2.23. The summed E-state index contributed by atoms with van der Waals surface area (Å²) in [5, 5.41) is 13.0. The molecule has 1 aromatic rings. The third-order valence-corrected chi connectivity index (χ3v) is 4.58. The zero-order valence-corrected chi connectivity index (χ0v) is 14.8. The highest BCUT2D eigenvalue weighted by molar-refractivity contribution is 5.76. The van der Waals surface area contributed by atoms with Gasteiger partial charge in [0, 0.05) is 32.6 Å². The number of ether oxygens (including phenoxy) is 1. The minimum absolute atomic E-state index is 0.00320. The normalized spacial score (nSPS) is 18.1. The molecule has 1 aliphatic rings. The molecule has 2 atom stereocenters. The van der Waals surface area contributed by atoms with E-state index >= 15 is 0 Å². The van der Waals surface area contributed by atoms with Crippen molar-refractivity contribution < 1.29 is 14.6 Å². The Hall–Kier alpha value is -1.43. The topological polar surface area (TPSA) is 61.8 Å². The van der Waals surface area contributed by atoms with Crippen LogP contribution in [-0.2, 0) is 9.53 Å². The average molecular weight is 334 g/mol. The van der Waals surface area contributed by atoms with Gasteiger partial charge in [0.2, 0.25) is 5.91 Å². The van der Waals surface area contributed by atoms with Gasteiger partial charge < -0.3 is 15.2 Å². The van der Waals surface area contributed by atoms with Crippen molar-refractivity contribution in [2.24, 2.45) is 0 Å². The highest BCUT2D eigenvalue weighted by atomic mass is 16.5. The van der Waals surface area contributed by atoms with E-state index in [-0.39, 0.29) is 11.8 Å². The molecular weight excluding hydrogens is 304 g/mol. The molecule has 0 radical (unpaired) electrons. The molecule has 0 aromatic heterocycles. The van der Waals surface area contributed by atoms with Crippen LogP contribution in [0.1, 0.15) is 36.8 Å². The lowest BCUT2D eigenvalue weighted by molar-refractivity contribution is -0.122. The van der Waals surface area contributed by atoms with Gasteiger partial charge in [-0.2, -0.15) is 0 Å². The Morgan fingerprint density at radius 1 is 1.29 bits per heavy atom. The summed E-state index contributed by atoms with van der Waals surface area (Å²) in [4.78, 5) is 14.4. The monoisotopic (exact) mass is 334 g/mol. The van der Waals surface area contributed by atoms with Crippen LogP contribution in [0.4, 0.5) is 0 Å². The van der Waals surface area contributed by atoms with Crippen molar-refractivity contribution in [3.8, 4) is 0 Å². The molecule has 1 amide bonds. The van der Waals surface area contributed by atoms with E-state index in [9.17, 15) is 9.90 Å². The number of nitrogens with zero attached hydrogens (tertiary/aromatic N) is 1. The van der Waals surface area contributed by atoms with E-state index in [2.05, 4.69) is 48.3 Å².